The Morgan fingerprint density at radius 1 is 0.857 bits per heavy atom. The van der Waals surface area contributed by atoms with Crippen molar-refractivity contribution in [3.8, 4) is 0 Å². The zero-order valence-corrected chi connectivity index (χ0v) is 15.6. The van der Waals surface area contributed by atoms with Crippen molar-refractivity contribution in [2.45, 2.75) is 6.92 Å². The van der Waals surface area contributed by atoms with Crippen molar-refractivity contribution < 1.29 is 8.78 Å². The Balaban J connectivity index is 1.47. The summed E-state index contributed by atoms with van der Waals surface area (Å²) in [5, 5.41) is 3.03. The fourth-order valence-electron chi connectivity index (χ4n) is 3.28. The molecule has 0 spiro atoms. The van der Waals surface area contributed by atoms with Gasteiger partial charge in [0.05, 0.1) is 5.69 Å². The first kappa shape index (κ1) is 18.2. The highest BCUT2D eigenvalue weighted by atomic mass is 19.1. The maximum atomic E-state index is 13.9. The second-order valence-electron chi connectivity index (χ2n) is 6.75. The van der Waals surface area contributed by atoms with Crippen LogP contribution in [-0.4, -0.2) is 36.1 Å². The Labute approximate surface area is 162 Å². The van der Waals surface area contributed by atoms with E-state index in [0.29, 0.717) is 17.5 Å². The van der Waals surface area contributed by atoms with E-state index in [-0.39, 0.29) is 11.6 Å². The van der Waals surface area contributed by atoms with E-state index in [2.05, 4.69) is 25.1 Å². The third kappa shape index (κ3) is 4.03. The van der Waals surface area contributed by atoms with Gasteiger partial charge in [0.25, 0.3) is 0 Å². The van der Waals surface area contributed by atoms with Crippen molar-refractivity contribution in [2.75, 3.05) is 41.3 Å². The summed E-state index contributed by atoms with van der Waals surface area (Å²) in [6, 6.07) is 14.9. The quantitative estimate of drug-likeness (QED) is 0.736. The van der Waals surface area contributed by atoms with Crippen LogP contribution in [0.1, 0.15) is 5.69 Å². The molecule has 0 atom stereocenters. The van der Waals surface area contributed by atoms with Crippen LogP contribution in [0, 0.1) is 18.6 Å². The van der Waals surface area contributed by atoms with Crippen molar-refractivity contribution in [2.24, 2.45) is 0 Å². The number of nitrogens with one attached hydrogen (secondary N) is 1. The predicted molar refractivity (Wildman–Crippen MR) is 107 cm³/mol. The first-order valence-electron chi connectivity index (χ1n) is 9.21. The average molecular weight is 381 g/mol. The largest absolute Gasteiger partial charge is 0.368 e. The lowest BCUT2D eigenvalue weighted by atomic mass is 10.2. The molecule has 1 N–H and O–H groups in total. The molecule has 1 saturated heterocycles. The molecule has 1 aliphatic rings. The first-order chi connectivity index (χ1) is 13.6. The Hall–Kier alpha value is -3.22. The maximum Gasteiger partial charge on any atom is 0.227 e. The highest BCUT2D eigenvalue weighted by Crippen LogP contribution is 2.23. The number of aromatic nitrogens is 2. The van der Waals surface area contributed by atoms with Crippen LogP contribution in [0.4, 0.5) is 31.9 Å². The van der Waals surface area contributed by atoms with Gasteiger partial charge in [0.2, 0.25) is 5.95 Å². The summed E-state index contributed by atoms with van der Waals surface area (Å²) in [6.07, 6.45) is 0. The summed E-state index contributed by atoms with van der Waals surface area (Å²) >= 11 is 0. The number of aryl methyl sites for hydroxylation is 1. The number of piperazine rings is 1. The Morgan fingerprint density at radius 2 is 1.54 bits per heavy atom. The molecule has 0 amide bonds. The molecule has 2 heterocycles. The number of anilines is 4. The second kappa shape index (κ2) is 7.80. The van der Waals surface area contributed by atoms with E-state index in [1.54, 1.807) is 36.4 Å². The molecular weight excluding hydrogens is 360 g/mol. The standard InChI is InChI=1S/C21H21F2N5/c1-15-14-20(25-19-5-3-2-4-18(19)23)26-21(24-15)28-12-10-27(11-13-28)17-8-6-16(22)7-9-17/h2-9,14H,10-13H2,1H3,(H,24,25,26). The minimum absolute atomic E-state index is 0.231. The predicted octanol–water partition coefficient (Wildman–Crippen LogP) is 4.13. The monoisotopic (exact) mass is 381 g/mol. The summed E-state index contributed by atoms with van der Waals surface area (Å²) in [7, 11) is 0. The van der Waals surface area contributed by atoms with E-state index >= 15 is 0 Å². The molecule has 0 saturated carbocycles. The number of hydrogen-bond acceptors (Lipinski definition) is 5. The molecule has 28 heavy (non-hydrogen) atoms. The highest BCUT2D eigenvalue weighted by molar-refractivity contribution is 5.58. The lowest BCUT2D eigenvalue weighted by Crippen LogP contribution is -2.47. The SMILES string of the molecule is Cc1cc(Nc2ccccc2F)nc(N2CCN(c3ccc(F)cc3)CC2)n1. The third-order valence-corrected chi connectivity index (χ3v) is 4.73. The van der Waals surface area contributed by atoms with Crippen molar-refractivity contribution >= 4 is 23.1 Å². The summed E-state index contributed by atoms with van der Waals surface area (Å²) in [4.78, 5) is 13.4. The number of hydrogen-bond donors (Lipinski definition) is 1. The molecule has 1 fully saturated rings. The second-order valence-corrected chi connectivity index (χ2v) is 6.75. The number of para-hydroxylation sites is 1. The molecule has 0 radical (unpaired) electrons. The van der Waals surface area contributed by atoms with Crippen LogP contribution >= 0.6 is 0 Å². The van der Waals surface area contributed by atoms with Crippen LogP contribution < -0.4 is 15.1 Å². The van der Waals surface area contributed by atoms with Gasteiger partial charge >= 0.3 is 0 Å². The fraction of sp³-hybridized carbons (Fsp3) is 0.238. The van der Waals surface area contributed by atoms with E-state index in [0.717, 1.165) is 37.6 Å². The van der Waals surface area contributed by atoms with Gasteiger partial charge in [-0.15, -0.1) is 0 Å². The van der Waals surface area contributed by atoms with Crippen LogP contribution in [0.25, 0.3) is 0 Å². The highest BCUT2D eigenvalue weighted by Gasteiger charge is 2.20. The van der Waals surface area contributed by atoms with Crippen LogP contribution in [0.2, 0.25) is 0 Å². The summed E-state index contributed by atoms with van der Waals surface area (Å²) < 4.78 is 27.0. The third-order valence-electron chi connectivity index (χ3n) is 4.73. The Morgan fingerprint density at radius 3 is 2.25 bits per heavy atom. The number of halogens is 2. The molecule has 0 aliphatic carbocycles. The minimum atomic E-state index is -0.326. The molecule has 4 rings (SSSR count). The Kier molecular flexibility index (Phi) is 5.06. The van der Waals surface area contributed by atoms with Crippen molar-refractivity contribution in [3.05, 3.63) is 71.9 Å². The molecule has 144 valence electrons. The molecular formula is C21H21F2N5. The van der Waals surface area contributed by atoms with Crippen LogP contribution in [-0.2, 0) is 0 Å². The van der Waals surface area contributed by atoms with Gasteiger partial charge in [-0.3, -0.25) is 0 Å². The fourth-order valence-corrected chi connectivity index (χ4v) is 3.28. The van der Waals surface area contributed by atoms with Gasteiger partial charge < -0.3 is 15.1 Å². The van der Waals surface area contributed by atoms with Crippen molar-refractivity contribution in [3.63, 3.8) is 0 Å². The zero-order chi connectivity index (χ0) is 19.5. The van der Waals surface area contributed by atoms with E-state index in [4.69, 9.17) is 0 Å². The van der Waals surface area contributed by atoms with Crippen molar-refractivity contribution in [1.29, 1.82) is 0 Å². The number of nitrogens with zero attached hydrogens (tertiary/aromatic N) is 4. The van der Waals surface area contributed by atoms with Crippen LogP contribution in [0.5, 0.6) is 0 Å². The molecule has 5 nitrogen and oxygen atoms in total. The molecule has 2 aromatic carbocycles. The maximum absolute atomic E-state index is 13.9. The first-order valence-corrected chi connectivity index (χ1v) is 9.21. The van der Waals surface area contributed by atoms with Gasteiger partial charge in [-0.25, -0.2) is 13.8 Å². The summed E-state index contributed by atoms with van der Waals surface area (Å²) in [6.45, 7) is 4.98. The van der Waals surface area contributed by atoms with Gasteiger partial charge in [0, 0.05) is 43.6 Å². The van der Waals surface area contributed by atoms with E-state index < -0.39 is 0 Å². The summed E-state index contributed by atoms with van der Waals surface area (Å²) in [5.41, 5.74) is 2.20. The summed E-state index contributed by atoms with van der Waals surface area (Å²) in [5.74, 6) is 0.629. The topological polar surface area (TPSA) is 44.3 Å². The molecule has 0 unspecified atom stereocenters. The molecule has 1 aromatic heterocycles. The average Bonchev–Trinajstić information content (AvgIpc) is 2.70. The van der Waals surface area contributed by atoms with Crippen molar-refractivity contribution in [1.82, 2.24) is 9.97 Å². The molecule has 1 aliphatic heterocycles. The zero-order valence-electron chi connectivity index (χ0n) is 15.6. The van der Waals surface area contributed by atoms with Gasteiger partial charge in [0.1, 0.15) is 17.5 Å². The number of rotatable bonds is 4. The van der Waals surface area contributed by atoms with E-state index in [9.17, 15) is 8.78 Å². The molecule has 3 aromatic rings. The van der Waals surface area contributed by atoms with Gasteiger partial charge in [-0.1, -0.05) is 12.1 Å². The molecule has 7 heteroatoms. The van der Waals surface area contributed by atoms with Gasteiger partial charge in [0.15, 0.2) is 0 Å². The smallest absolute Gasteiger partial charge is 0.227 e. The lowest BCUT2D eigenvalue weighted by molar-refractivity contribution is 0.622. The minimum Gasteiger partial charge on any atom is -0.368 e. The normalized spacial score (nSPS) is 14.2. The Bertz CT molecular complexity index is 953. The van der Waals surface area contributed by atoms with E-state index in [1.165, 1.54) is 18.2 Å². The van der Waals surface area contributed by atoms with E-state index in [1.807, 2.05) is 6.92 Å². The molecule has 0 bridgehead atoms. The van der Waals surface area contributed by atoms with Gasteiger partial charge in [-0.2, -0.15) is 4.98 Å². The van der Waals surface area contributed by atoms with Crippen LogP contribution in [0.3, 0.4) is 0 Å². The van der Waals surface area contributed by atoms with Gasteiger partial charge in [-0.05, 0) is 43.3 Å². The number of benzene rings is 2. The van der Waals surface area contributed by atoms with Crippen LogP contribution in [0.15, 0.2) is 54.6 Å². The lowest BCUT2D eigenvalue weighted by Gasteiger charge is -2.36.